The maximum Gasteiger partial charge on any atom is 0.275 e. The van der Waals surface area contributed by atoms with E-state index in [1.54, 1.807) is 37.4 Å². The highest BCUT2D eigenvalue weighted by Crippen LogP contribution is 2.29. The number of hydrogen-bond acceptors (Lipinski definition) is 6. The van der Waals surface area contributed by atoms with Gasteiger partial charge in [0.2, 0.25) is 0 Å². The first-order valence-electron chi connectivity index (χ1n) is 8.43. The molecule has 0 aliphatic heterocycles. The van der Waals surface area contributed by atoms with Crippen LogP contribution in [0.4, 0.5) is 15.9 Å². The third-order valence-corrected chi connectivity index (χ3v) is 3.93. The van der Waals surface area contributed by atoms with Gasteiger partial charge in [-0.05, 0) is 29.8 Å². The second kappa shape index (κ2) is 8.81. The molecule has 1 amide bonds. The molecule has 7 nitrogen and oxygen atoms in total. The Balaban J connectivity index is 1.62. The molecule has 0 bridgehead atoms. The van der Waals surface area contributed by atoms with E-state index in [-0.39, 0.29) is 11.5 Å². The molecule has 144 valence electrons. The summed E-state index contributed by atoms with van der Waals surface area (Å²) in [5.74, 6) is 0.890. The van der Waals surface area contributed by atoms with Gasteiger partial charge in [-0.3, -0.25) is 4.79 Å². The van der Waals surface area contributed by atoms with Gasteiger partial charge in [0.25, 0.3) is 5.91 Å². The van der Waals surface area contributed by atoms with Crippen LogP contribution in [0.1, 0.15) is 16.1 Å². The van der Waals surface area contributed by atoms with E-state index in [1.165, 1.54) is 31.6 Å². The topological polar surface area (TPSA) is 85.4 Å². The number of carbonyl (C=O) groups excluding carboxylic acids is 1. The molecule has 3 aromatic rings. The summed E-state index contributed by atoms with van der Waals surface area (Å²) in [7, 11) is 3.06. The van der Waals surface area contributed by atoms with Gasteiger partial charge in [-0.15, -0.1) is 0 Å². The van der Waals surface area contributed by atoms with Gasteiger partial charge >= 0.3 is 0 Å². The second-order valence-corrected chi connectivity index (χ2v) is 5.79. The summed E-state index contributed by atoms with van der Waals surface area (Å²) in [4.78, 5) is 20.7. The van der Waals surface area contributed by atoms with Crippen LogP contribution in [0.3, 0.4) is 0 Å². The van der Waals surface area contributed by atoms with Crippen molar-refractivity contribution in [3.05, 3.63) is 71.9 Å². The molecule has 0 saturated carbocycles. The Bertz CT molecular complexity index is 947. The molecule has 2 aromatic carbocycles. The van der Waals surface area contributed by atoms with E-state index in [0.717, 1.165) is 5.56 Å². The first-order valence-corrected chi connectivity index (χ1v) is 8.43. The van der Waals surface area contributed by atoms with E-state index in [2.05, 4.69) is 20.6 Å². The monoisotopic (exact) mass is 382 g/mol. The van der Waals surface area contributed by atoms with Crippen LogP contribution in [-0.4, -0.2) is 30.1 Å². The summed E-state index contributed by atoms with van der Waals surface area (Å²) in [5.41, 5.74) is 1.55. The quantitative estimate of drug-likeness (QED) is 0.651. The van der Waals surface area contributed by atoms with Crippen molar-refractivity contribution in [2.45, 2.75) is 6.54 Å². The molecule has 0 radical (unpaired) electrons. The predicted molar refractivity (Wildman–Crippen MR) is 103 cm³/mol. The van der Waals surface area contributed by atoms with Crippen LogP contribution in [0, 0.1) is 5.82 Å². The van der Waals surface area contributed by atoms with Crippen molar-refractivity contribution in [2.75, 3.05) is 24.9 Å². The number of anilines is 2. The van der Waals surface area contributed by atoms with Crippen LogP contribution >= 0.6 is 0 Å². The summed E-state index contributed by atoms with van der Waals surface area (Å²) in [6.07, 6.45) is 2.84. The Hall–Kier alpha value is -3.68. The van der Waals surface area contributed by atoms with E-state index in [1.807, 2.05) is 0 Å². The third-order valence-electron chi connectivity index (χ3n) is 3.93. The van der Waals surface area contributed by atoms with Crippen molar-refractivity contribution in [3.63, 3.8) is 0 Å². The van der Waals surface area contributed by atoms with Crippen LogP contribution in [0.5, 0.6) is 11.5 Å². The van der Waals surface area contributed by atoms with Gasteiger partial charge in [0.1, 0.15) is 28.8 Å². The lowest BCUT2D eigenvalue weighted by molar-refractivity contribution is 0.102. The van der Waals surface area contributed by atoms with Crippen molar-refractivity contribution in [1.82, 2.24) is 9.97 Å². The molecule has 0 saturated heterocycles. The molecular formula is C20H19FN4O3. The fourth-order valence-electron chi connectivity index (χ4n) is 2.42. The number of amides is 1. The van der Waals surface area contributed by atoms with Gasteiger partial charge in [0, 0.05) is 12.6 Å². The van der Waals surface area contributed by atoms with Crippen LogP contribution in [0.15, 0.2) is 54.9 Å². The molecule has 1 aromatic heterocycles. The average Bonchev–Trinajstić information content (AvgIpc) is 2.74. The minimum Gasteiger partial charge on any atom is -0.497 e. The first-order chi connectivity index (χ1) is 13.6. The average molecular weight is 382 g/mol. The Morgan fingerprint density at radius 3 is 2.46 bits per heavy atom. The molecule has 0 aliphatic carbocycles. The largest absolute Gasteiger partial charge is 0.497 e. The number of nitrogens with one attached hydrogen (secondary N) is 2. The van der Waals surface area contributed by atoms with Crippen LogP contribution in [-0.2, 0) is 6.54 Å². The molecule has 28 heavy (non-hydrogen) atoms. The van der Waals surface area contributed by atoms with Crippen LogP contribution in [0.2, 0.25) is 0 Å². The van der Waals surface area contributed by atoms with E-state index in [9.17, 15) is 9.18 Å². The van der Waals surface area contributed by atoms with Crippen molar-refractivity contribution >= 4 is 17.4 Å². The number of aromatic nitrogens is 2. The molecule has 0 aliphatic rings. The highest BCUT2D eigenvalue weighted by atomic mass is 19.1. The van der Waals surface area contributed by atoms with Gasteiger partial charge in [0.15, 0.2) is 0 Å². The van der Waals surface area contributed by atoms with Crippen molar-refractivity contribution < 1.29 is 18.7 Å². The summed E-state index contributed by atoms with van der Waals surface area (Å²) >= 11 is 0. The van der Waals surface area contributed by atoms with E-state index < -0.39 is 5.91 Å². The van der Waals surface area contributed by atoms with Crippen molar-refractivity contribution in [2.24, 2.45) is 0 Å². The number of methoxy groups -OCH3 is 2. The lowest BCUT2D eigenvalue weighted by Crippen LogP contribution is -2.15. The number of hydrogen-bond donors (Lipinski definition) is 2. The SMILES string of the molecule is COc1ccc(NC(=O)c2cnc(NCc3ccc(F)cc3)cn2)c(OC)c1. The maximum atomic E-state index is 12.9. The van der Waals surface area contributed by atoms with Crippen molar-refractivity contribution in [1.29, 1.82) is 0 Å². The molecular weight excluding hydrogens is 363 g/mol. The van der Waals surface area contributed by atoms with Crippen LogP contribution < -0.4 is 20.1 Å². The molecule has 8 heteroatoms. The number of halogens is 1. The highest BCUT2D eigenvalue weighted by Gasteiger charge is 2.12. The smallest absolute Gasteiger partial charge is 0.275 e. The lowest BCUT2D eigenvalue weighted by Gasteiger charge is -2.11. The highest BCUT2D eigenvalue weighted by molar-refractivity contribution is 6.03. The molecule has 2 N–H and O–H groups in total. The Morgan fingerprint density at radius 1 is 1.04 bits per heavy atom. The van der Waals surface area contributed by atoms with Gasteiger partial charge in [0.05, 0.1) is 32.3 Å². The summed E-state index contributed by atoms with van der Waals surface area (Å²) < 4.78 is 23.3. The van der Waals surface area contributed by atoms with Gasteiger partial charge in [-0.25, -0.2) is 14.4 Å². The molecule has 0 fully saturated rings. The maximum absolute atomic E-state index is 12.9. The molecule has 0 unspecified atom stereocenters. The summed E-state index contributed by atoms with van der Waals surface area (Å²) in [5, 5.41) is 5.80. The summed E-state index contributed by atoms with van der Waals surface area (Å²) in [6, 6.07) is 11.2. The van der Waals surface area contributed by atoms with Crippen LogP contribution in [0.25, 0.3) is 0 Å². The zero-order chi connectivity index (χ0) is 19.9. The van der Waals surface area contributed by atoms with E-state index >= 15 is 0 Å². The van der Waals surface area contributed by atoms with Gasteiger partial charge < -0.3 is 20.1 Å². The fourth-order valence-corrected chi connectivity index (χ4v) is 2.42. The number of rotatable bonds is 7. The summed E-state index contributed by atoms with van der Waals surface area (Å²) in [6.45, 7) is 0.462. The van der Waals surface area contributed by atoms with Crippen molar-refractivity contribution in [3.8, 4) is 11.5 Å². The van der Waals surface area contributed by atoms with E-state index in [4.69, 9.17) is 9.47 Å². The first kappa shape index (κ1) is 19.1. The second-order valence-electron chi connectivity index (χ2n) is 5.79. The zero-order valence-electron chi connectivity index (χ0n) is 15.4. The minimum atomic E-state index is -0.416. The fraction of sp³-hybridized carbons (Fsp3) is 0.150. The number of benzene rings is 2. The van der Waals surface area contributed by atoms with E-state index in [0.29, 0.717) is 29.5 Å². The predicted octanol–water partition coefficient (Wildman–Crippen LogP) is 3.50. The molecule has 3 rings (SSSR count). The zero-order valence-corrected chi connectivity index (χ0v) is 15.4. The normalized spacial score (nSPS) is 10.2. The number of ether oxygens (including phenoxy) is 2. The molecule has 0 spiro atoms. The van der Waals surface area contributed by atoms with Gasteiger partial charge in [-0.1, -0.05) is 12.1 Å². The Labute approximate surface area is 161 Å². The number of nitrogens with zero attached hydrogens (tertiary/aromatic N) is 2. The molecule has 0 atom stereocenters. The standard InChI is InChI=1S/C20H19FN4O3/c1-27-15-7-8-16(18(9-15)28-2)25-20(26)17-11-24-19(12-22-17)23-10-13-3-5-14(21)6-4-13/h3-9,11-12H,10H2,1-2H3,(H,23,24)(H,25,26). The third kappa shape index (κ3) is 4.73. The Kier molecular flexibility index (Phi) is 6.01. The number of carbonyl (C=O) groups is 1. The van der Waals surface area contributed by atoms with Gasteiger partial charge in [-0.2, -0.15) is 0 Å². The lowest BCUT2D eigenvalue weighted by atomic mass is 10.2. The minimum absolute atomic E-state index is 0.158. The Morgan fingerprint density at radius 2 is 1.82 bits per heavy atom. The molecule has 1 heterocycles.